The molecule has 3 aromatic heterocycles. The van der Waals surface area contributed by atoms with Gasteiger partial charge in [-0.25, -0.2) is 0 Å². The SMILES string of the molecule is I[n+]1ccncc1-c1ccccc1/C=C1/Cc2ccc3oc4cccc5c6ccc[n+]1c6c2c3c45. The van der Waals surface area contributed by atoms with Crippen LogP contribution < -0.4 is 7.35 Å². The molecule has 7 aromatic rings. The summed E-state index contributed by atoms with van der Waals surface area (Å²) >= 11 is 2.31. The molecule has 0 aliphatic carbocycles. The summed E-state index contributed by atoms with van der Waals surface area (Å²) in [6.45, 7) is 0. The Kier molecular flexibility index (Phi) is 3.94. The van der Waals surface area contributed by atoms with Crippen LogP contribution in [0.25, 0.3) is 66.6 Å². The van der Waals surface area contributed by atoms with E-state index in [2.05, 4.69) is 114 Å². The number of hydrogen-bond donors (Lipinski definition) is 0. The van der Waals surface area contributed by atoms with Crippen LogP contribution in [0.2, 0.25) is 0 Å². The van der Waals surface area contributed by atoms with E-state index in [1.807, 2.05) is 18.6 Å². The van der Waals surface area contributed by atoms with Crippen LogP contribution in [-0.4, -0.2) is 4.98 Å². The summed E-state index contributed by atoms with van der Waals surface area (Å²) in [6.07, 6.45) is 11.1. The Bertz CT molecular complexity index is 2000. The molecule has 0 fully saturated rings. The number of rotatable bonds is 2. The number of pyridine rings is 1. The predicted octanol–water partition coefficient (Wildman–Crippen LogP) is 6.72. The van der Waals surface area contributed by atoms with Crippen molar-refractivity contribution in [2.75, 3.05) is 0 Å². The number of allylic oxidation sites excluding steroid dienone is 1. The number of nitrogens with zero attached hydrogens (tertiary/aromatic N) is 3. The number of halogens is 1. The lowest BCUT2D eigenvalue weighted by atomic mass is 9.89. The summed E-state index contributed by atoms with van der Waals surface area (Å²) in [7, 11) is 0. The van der Waals surface area contributed by atoms with Crippen LogP contribution in [0.1, 0.15) is 11.1 Å². The second-order valence-electron chi connectivity index (χ2n) is 9.07. The summed E-state index contributed by atoms with van der Waals surface area (Å²) in [5.41, 5.74) is 9.20. The molecule has 0 bridgehead atoms. The van der Waals surface area contributed by atoms with Crippen LogP contribution >= 0.6 is 22.9 Å². The van der Waals surface area contributed by atoms with Crippen LogP contribution in [-0.2, 0) is 6.42 Å². The van der Waals surface area contributed by atoms with E-state index in [1.165, 1.54) is 49.3 Å². The lowest BCUT2D eigenvalue weighted by molar-refractivity contribution is -0.553. The summed E-state index contributed by atoms with van der Waals surface area (Å²) < 4.78 is 10.7. The molecule has 35 heavy (non-hydrogen) atoms. The highest BCUT2D eigenvalue weighted by molar-refractivity contribution is 14.1. The van der Waals surface area contributed by atoms with Crippen molar-refractivity contribution >= 4 is 78.3 Å². The smallest absolute Gasteiger partial charge is 0.354 e. The Balaban J connectivity index is 1.46. The molecule has 0 spiro atoms. The van der Waals surface area contributed by atoms with E-state index < -0.39 is 0 Å². The quantitative estimate of drug-likeness (QED) is 0.133. The van der Waals surface area contributed by atoms with Crippen molar-refractivity contribution in [1.82, 2.24) is 4.98 Å². The molecule has 0 unspecified atom stereocenters. The zero-order valence-corrected chi connectivity index (χ0v) is 20.7. The van der Waals surface area contributed by atoms with Crippen LogP contribution in [0.3, 0.4) is 0 Å². The molecule has 4 nitrogen and oxygen atoms in total. The minimum Gasteiger partial charge on any atom is -0.456 e. The lowest BCUT2D eigenvalue weighted by Gasteiger charge is -2.17. The van der Waals surface area contributed by atoms with E-state index in [4.69, 9.17) is 4.42 Å². The number of hydrogen-bond acceptors (Lipinski definition) is 2. The largest absolute Gasteiger partial charge is 0.456 e. The molecule has 0 atom stereocenters. The average Bonchev–Trinajstić information content (AvgIpc) is 3.28. The maximum absolute atomic E-state index is 6.27. The summed E-state index contributed by atoms with van der Waals surface area (Å²) in [5.74, 6) is 0. The van der Waals surface area contributed by atoms with Gasteiger partial charge in [0.1, 0.15) is 11.2 Å². The van der Waals surface area contributed by atoms with Crippen LogP contribution in [0.4, 0.5) is 0 Å². The fourth-order valence-electron chi connectivity index (χ4n) is 5.78. The van der Waals surface area contributed by atoms with Gasteiger partial charge in [0.25, 0.3) is 0 Å². The van der Waals surface area contributed by atoms with Gasteiger partial charge in [0.05, 0.1) is 35.2 Å². The summed E-state index contributed by atoms with van der Waals surface area (Å²) in [5, 5.41) is 6.32. The van der Waals surface area contributed by atoms with E-state index in [9.17, 15) is 0 Å². The summed E-state index contributed by atoms with van der Waals surface area (Å²) in [6, 6.07) is 23.7. The topological polar surface area (TPSA) is 33.8 Å². The maximum Gasteiger partial charge on any atom is 0.354 e. The predicted molar refractivity (Wildman–Crippen MR) is 147 cm³/mol. The second-order valence-corrected chi connectivity index (χ2v) is 10.1. The van der Waals surface area contributed by atoms with Gasteiger partial charge in [-0.3, -0.25) is 4.98 Å². The van der Waals surface area contributed by atoms with Gasteiger partial charge in [-0.15, -0.1) is 2.78 Å². The van der Waals surface area contributed by atoms with E-state index in [0.29, 0.717) is 0 Å². The molecule has 0 saturated heterocycles. The van der Waals surface area contributed by atoms with Gasteiger partial charge >= 0.3 is 22.9 Å². The van der Waals surface area contributed by atoms with Crippen molar-refractivity contribution in [3.8, 4) is 11.3 Å². The third-order valence-corrected chi connectivity index (χ3v) is 8.06. The number of benzene rings is 4. The van der Waals surface area contributed by atoms with Gasteiger partial charge in [-0.1, -0.05) is 36.4 Å². The molecule has 0 saturated carbocycles. The van der Waals surface area contributed by atoms with Crippen LogP contribution in [0.15, 0.2) is 95.9 Å². The third-order valence-electron chi connectivity index (χ3n) is 7.22. The van der Waals surface area contributed by atoms with Crippen molar-refractivity contribution in [3.05, 3.63) is 103 Å². The van der Waals surface area contributed by atoms with Gasteiger partial charge in [0.15, 0.2) is 18.1 Å². The molecule has 1 aliphatic rings. The molecule has 5 heteroatoms. The van der Waals surface area contributed by atoms with Crippen molar-refractivity contribution in [2.24, 2.45) is 0 Å². The third kappa shape index (κ3) is 2.64. The Morgan fingerprint density at radius 1 is 0.829 bits per heavy atom. The van der Waals surface area contributed by atoms with E-state index in [0.717, 1.165) is 28.8 Å². The second kappa shape index (κ2) is 7.09. The van der Waals surface area contributed by atoms with Gasteiger partial charge in [0.2, 0.25) is 11.2 Å². The standard InChI is InChI=1S/C30H18IN3O/c31-34-14-12-32-17-24(34)21-6-2-1-5-18(21)15-20-16-19-10-11-26-29-27(19)30-23(8-4-13-33(20)30)22-7-3-9-25(35-26)28(22)29/h1-15,17H,16H2/q+2/b20-15-. The first-order valence-electron chi connectivity index (χ1n) is 11.6. The van der Waals surface area contributed by atoms with Crippen molar-refractivity contribution < 1.29 is 11.8 Å². The average molecular weight is 563 g/mol. The monoisotopic (exact) mass is 563 g/mol. The normalized spacial score (nSPS) is 14.4. The molecule has 164 valence electrons. The minimum atomic E-state index is 0.854. The first-order chi connectivity index (χ1) is 17.3. The fraction of sp³-hybridized carbons (Fsp3) is 0.0333. The van der Waals surface area contributed by atoms with E-state index in [1.54, 1.807) is 0 Å². The number of furan rings is 1. The van der Waals surface area contributed by atoms with Crippen molar-refractivity contribution in [2.45, 2.75) is 6.42 Å². The summed E-state index contributed by atoms with van der Waals surface area (Å²) in [4.78, 5) is 4.38. The van der Waals surface area contributed by atoms with Gasteiger partial charge < -0.3 is 4.42 Å². The molecule has 8 rings (SSSR count). The lowest BCUT2D eigenvalue weighted by Crippen LogP contribution is -2.36. The highest BCUT2D eigenvalue weighted by Gasteiger charge is 2.31. The molecule has 4 heterocycles. The number of aromatic nitrogens is 3. The molecule has 0 amide bonds. The van der Waals surface area contributed by atoms with Gasteiger partial charge in [-0.05, 0) is 35.4 Å². The number of fused-ring (bicyclic) bond motifs is 1. The maximum atomic E-state index is 6.27. The van der Waals surface area contributed by atoms with Crippen molar-refractivity contribution in [3.63, 3.8) is 0 Å². The highest BCUT2D eigenvalue weighted by atomic mass is 127. The van der Waals surface area contributed by atoms with Crippen LogP contribution in [0.5, 0.6) is 0 Å². The first-order valence-corrected chi connectivity index (χ1v) is 12.6. The zero-order chi connectivity index (χ0) is 23.1. The first kappa shape index (κ1) is 19.5. The molecular weight excluding hydrogens is 545 g/mol. The molecule has 4 aromatic carbocycles. The van der Waals surface area contributed by atoms with E-state index in [-0.39, 0.29) is 0 Å². The molecule has 0 N–H and O–H groups in total. The molecule has 1 aliphatic heterocycles. The van der Waals surface area contributed by atoms with Gasteiger partial charge in [-0.2, -0.15) is 4.57 Å². The van der Waals surface area contributed by atoms with Gasteiger partial charge in [0, 0.05) is 28.3 Å². The Hall–Kier alpha value is -3.84. The molecular formula is C30H18IN3O+2. The fourth-order valence-corrected chi connectivity index (χ4v) is 6.31. The Morgan fingerprint density at radius 2 is 1.71 bits per heavy atom. The highest BCUT2D eigenvalue weighted by Crippen LogP contribution is 2.44. The Labute approximate surface area is 214 Å². The molecule has 0 radical (unpaired) electrons. The zero-order valence-electron chi connectivity index (χ0n) is 18.6. The van der Waals surface area contributed by atoms with Crippen molar-refractivity contribution in [1.29, 1.82) is 0 Å². The Morgan fingerprint density at radius 3 is 2.66 bits per heavy atom. The van der Waals surface area contributed by atoms with E-state index >= 15 is 0 Å². The van der Waals surface area contributed by atoms with Crippen LogP contribution in [0, 0.1) is 0 Å². The minimum absolute atomic E-state index is 0.854.